The van der Waals surface area contributed by atoms with E-state index in [-0.39, 0.29) is 17.7 Å². The molecule has 1 aromatic carbocycles. The minimum absolute atomic E-state index is 0.125. The third kappa shape index (κ3) is 4.46. The van der Waals surface area contributed by atoms with E-state index in [1.165, 1.54) is 6.07 Å². The molecule has 2 N–H and O–H groups in total. The number of rotatable bonds is 5. The predicted molar refractivity (Wildman–Crippen MR) is 80.5 cm³/mol. The molecule has 124 valence electrons. The summed E-state index contributed by atoms with van der Waals surface area (Å²) in [7, 11) is 0. The van der Waals surface area contributed by atoms with E-state index in [2.05, 4.69) is 16.7 Å². The van der Waals surface area contributed by atoms with E-state index in [1.807, 2.05) is 0 Å². The van der Waals surface area contributed by atoms with Crippen molar-refractivity contribution in [2.24, 2.45) is 0 Å². The lowest BCUT2D eigenvalue weighted by Gasteiger charge is -2.41. The van der Waals surface area contributed by atoms with Crippen molar-refractivity contribution >= 4 is 0 Å². The zero-order valence-electron chi connectivity index (χ0n) is 13.0. The zero-order valence-corrected chi connectivity index (χ0v) is 13.0. The third-order valence-electron chi connectivity index (χ3n) is 4.10. The minimum atomic E-state index is -0.976. The smallest absolute Gasteiger partial charge is 0.131 e. The monoisotopic (exact) mass is 314 g/mol. The maximum Gasteiger partial charge on any atom is 0.131 e. The standard InChI is InChI=1S/C16H24F2N2O2/c1-11-8-19(5-6-20(11)9-12(2)21)10-16(22)14-4-3-13(17)7-15(14)18/h3-4,7,11-12,16,21-22H,5-6,8-10H2,1-2H3/t11-,12-,16-/m0/s1. The first-order valence-corrected chi connectivity index (χ1v) is 7.64. The van der Waals surface area contributed by atoms with Gasteiger partial charge >= 0.3 is 0 Å². The molecule has 1 aliphatic rings. The van der Waals surface area contributed by atoms with Crippen molar-refractivity contribution < 1.29 is 19.0 Å². The van der Waals surface area contributed by atoms with Gasteiger partial charge in [0.15, 0.2) is 0 Å². The van der Waals surface area contributed by atoms with Gasteiger partial charge in [0.05, 0.1) is 12.2 Å². The van der Waals surface area contributed by atoms with Crippen LogP contribution in [-0.2, 0) is 0 Å². The van der Waals surface area contributed by atoms with Gasteiger partial charge in [0.1, 0.15) is 11.6 Å². The molecule has 0 bridgehead atoms. The Bertz CT molecular complexity index is 499. The third-order valence-corrected chi connectivity index (χ3v) is 4.10. The molecule has 1 saturated heterocycles. The largest absolute Gasteiger partial charge is 0.392 e. The molecule has 0 radical (unpaired) electrons. The first kappa shape index (κ1) is 17.3. The summed E-state index contributed by atoms with van der Waals surface area (Å²) in [6.07, 6.45) is -1.34. The Balaban J connectivity index is 1.92. The van der Waals surface area contributed by atoms with Crippen LogP contribution in [0.1, 0.15) is 25.5 Å². The Morgan fingerprint density at radius 3 is 2.55 bits per heavy atom. The van der Waals surface area contributed by atoms with Gasteiger partial charge in [-0.05, 0) is 19.9 Å². The number of aliphatic hydroxyl groups excluding tert-OH is 2. The number of hydrogen-bond donors (Lipinski definition) is 2. The van der Waals surface area contributed by atoms with Crippen LogP contribution in [0.25, 0.3) is 0 Å². The first-order chi connectivity index (χ1) is 10.4. The van der Waals surface area contributed by atoms with Gasteiger partial charge < -0.3 is 10.2 Å². The average molecular weight is 314 g/mol. The van der Waals surface area contributed by atoms with Crippen molar-refractivity contribution in [3.8, 4) is 0 Å². The summed E-state index contributed by atoms with van der Waals surface area (Å²) in [6, 6.07) is 3.50. The summed E-state index contributed by atoms with van der Waals surface area (Å²) < 4.78 is 26.6. The van der Waals surface area contributed by atoms with E-state index in [1.54, 1.807) is 6.92 Å². The van der Waals surface area contributed by atoms with Crippen molar-refractivity contribution in [1.82, 2.24) is 9.80 Å². The van der Waals surface area contributed by atoms with E-state index in [9.17, 15) is 19.0 Å². The number of nitrogens with zero attached hydrogens (tertiary/aromatic N) is 2. The molecular weight excluding hydrogens is 290 g/mol. The van der Waals surface area contributed by atoms with Crippen LogP contribution in [0.5, 0.6) is 0 Å². The molecule has 0 saturated carbocycles. The molecule has 0 spiro atoms. The van der Waals surface area contributed by atoms with Gasteiger partial charge in [-0.15, -0.1) is 0 Å². The summed E-state index contributed by atoms with van der Waals surface area (Å²) in [5, 5.41) is 19.7. The van der Waals surface area contributed by atoms with Gasteiger partial charge in [0.25, 0.3) is 0 Å². The normalized spacial score (nSPS) is 23.5. The molecule has 1 fully saturated rings. The van der Waals surface area contributed by atoms with E-state index >= 15 is 0 Å². The van der Waals surface area contributed by atoms with Crippen molar-refractivity contribution in [2.45, 2.75) is 32.1 Å². The lowest BCUT2D eigenvalue weighted by atomic mass is 10.1. The van der Waals surface area contributed by atoms with Crippen LogP contribution in [0, 0.1) is 11.6 Å². The second kappa shape index (κ2) is 7.46. The van der Waals surface area contributed by atoms with E-state index in [4.69, 9.17) is 0 Å². The number of aliphatic hydroxyl groups is 2. The van der Waals surface area contributed by atoms with Crippen LogP contribution in [0.4, 0.5) is 8.78 Å². The van der Waals surface area contributed by atoms with Gasteiger partial charge in [-0.1, -0.05) is 6.07 Å². The Morgan fingerprint density at radius 1 is 1.23 bits per heavy atom. The van der Waals surface area contributed by atoms with E-state index in [0.717, 1.165) is 31.8 Å². The fourth-order valence-electron chi connectivity index (χ4n) is 2.96. The lowest BCUT2D eigenvalue weighted by Crippen LogP contribution is -2.54. The van der Waals surface area contributed by atoms with Crippen LogP contribution in [-0.4, -0.2) is 64.9 Å². The summed E-state index contributed by atoms with van der Waals surface area (Å²) in [5.41, 5.74) is 0.125. The Kier molecular flexibility index (Phi) is 5.86. The quantitative estimate of drug-likeness (QED) is 0.862. The van der Waals surface area contributed by atoms with E-state index in [0.29, 0.717) is 13.1 Å². The molecule has 3 atom stereocenters. The Labute approximate surface area is 130 Å². The maximum atomic E-state index is 13.7. The number of β-amino-alcohol motifs (C(OH)–C–C–N with tert-alkyl or cyclic N) is 2. The van der Waals surface area contributed by atoms with E-state index < -0.39 is 17.7 Å². The van der Waals surface area contributed by atoms with Crippen LogP contribution >= 0.6 is 0 Å². The molecule has 1 heterocycles. The topological polar surface area (TPSA) is 46.9 Å². The predicted octanol–water partition coefficient (Wildman–Crippen LogP) is 1.39. The molecule has 22 heavy (non-hydrogen) atoms. The number of benzene rings is 1. The number of hydrogen-bond acceptors (Lipinski definition) is 4. The molecular formula is C16H24F2N2O2. The molecule has 0 aromatic heterocycles. The molecule has 1 aromatic rings. The highest BCUT2D eigenvalue weighted by atomic mass is 19.1. The first-order valence-electron chi connectivity index (χ1n) is 7.64. The summed E-state index contributed by atoms with van der Waals surface area (Å²) >= 11 is 0. The Morgan fingerprint density at radius 2 is 1.95 bits per heavy atom. The fraction of sp³-hybridized carbons (Fsp3) is 0.625. The average Bonchev–Trinajstić information content (AvgIpc) is 2.41. The number of piperazine rings is 1. The molecule has 6 heteroatoms. The molecule has 0 amide bonds. The SMILES string of the molecule is C[C@H](O)CN1CCN(C[C@H](O)c2ccc(F)cc2F)C[C@@H]1C. The molecule has 2 rings (SSSR count). The van der Waals surface area contributed by atoms with Gasteiger partial charge in [-0.2, -0.15) is 0 Å². The zero-order chi connectivity index (χ0) is 16.3. The highest BCUT2D eigenvalue weighted by Gasteiger charge is 2.26. The van der Waals surface area contributed by atoms with Crippen LogP contribution in [0.15, 0.2) is 18.2 Å². The second-order valence-electron chi connectivity index (χ2n) is 6.13. The minimum Gasteiger partial charge on any atom is -0.392 e. The van der Waals surface area contributed by atoms with Crippen LogP contribution in [0.3, 0.4) is 0 Å². The van der Waals surface area contributed by atoms with Gasteiger partial charge in [-0.25, -0.2) is 8.78 Å². The van der Waals surface area contributed by atoms with Crippen LogP contribution < -0.4 is 0 Å². The van der Waals surface area contributed by atoms with Crippen molar-refractivity contribution in [1.29, 1.82) is 0 Å². The van der Waals surface area contributed by atoms with Gasteiger partial charge in [0, 0.05) is 50.4 Å². The summed E-state index contributed by atoms with van der Waals surface area (Å²) in [4.78, 5) is 4.27. The van der Waals surface area contributed by atoms with Crippen molar-refractivity contribution in [2.75, 3.05) is 32.7 Å². The lowest BCUT2D eigenvalue weighted by molar-refractivity contribution is 0.0234. The molecule has 0 unspecified atom stereocenters. The summed E-state index contributed by atoms with van der Waals surface area (Å²) in [5.74, 6) is -1.36. The molecule has 1 aliphatic heterocycles. The van der Waals surface area contributed by atoms with Crippen molar-refractivity contribution in [3.05, 3.63) is 35.4 Å². The van der Waals surface area contributed by atoms with Gasteiger partial charge in [-0.3, -0.25) is 9.80 Å². The number of halogens is 2. The second-order valence-corrected chi connectivity index (χ2v) is 6.13. The molecule has 0 aliphatic carbocycles. The van der Waals surface area contributed by atoms with Crippen molar-refractivity contribution in [3.63, 3.8) is 0 Å². The van der Waals surface area contributed by atoms with Gasteiger partial charge in [0.2, 0.25) is 0 Å². The highest BCUT2D eigenvalue weighted by Crippen LogP contribution is 2.20. The molecule has 4 nitrogen and oxygen atoms in total. The summed E-state index contributed by atoms with van der Waals surface area (Å²) in [6.45, 7) is 7.06. The highest BCUT2D eigenvalue weighted by molar-refractivity contribution is 5.21. The van der Waals surface area contributed by atoms with Crippen LogP contribution in [0.2, 0.25) is 0 Å². The fourth-order valence-corrected chi connectivity index (χ4v) is 2.96. The maximum absolute atomic E-state index is 13.7. The Hall–Kier alpha value is -1.08.